The highest BCUT2D eigenvalue weighted by Crippen LogP contribution is 2.40. The van der Waals surface area contributed by atoms with Crippen molar-refractivity contribution in [2.45, 2.75) is 70.6 Å². The highest BCUT2D eigenvalue weighted by Gasteiger charge is 2.27. The number of nitrogens with one attached hydrogen (secondary N) is 1. The summed E-state index contributed by atoms with van der Waals surface area (Å²) in [7, 11) is 0. The first-order chi connectivity index (χ1) is 14.9. The van der Waals surface area contributed by atoms with Crippen LogP contribution in [0.25, 0.3) is 22.0 Å². The lowest BCUT2D eigenvalue weighted by atomic mass is 9.86. The average molecular weight is 415 g/mol. The van der Waals surface area contributed by atoms with Crippen LogP contribution in [0.1, 0.15) is 57.1 Å². The van der Waals surface area contributed by atoms with E-state index in [0.29, 0.717) is 11.5 Å². The zero-order valence-corrected chi connectivity index (χ0v) is 18.4. The Hall–Kier alpha value is -2.84. The molecular weight excluding hydrogens is 384 g/mol. The minimum atomic E-state index is -0.134. The summed E-state index contributed by atoms with van der Waals surface area (Å²) in [6, 6.07) is 8.32. The molecule has 1 aliphatic heterocycles. The Morgan fingerprint density at radius 3 is 2.77 bits per heavy atom. The molecule has 0 atom stereocenters. The molecule has 2 N–H and O–H groups in total. The summed E-state index contributed by atoms with van der Waals surface area (Å²) in [6.45, 7) is 5.41. The number of nitriles is 1. The Labute approximate surface area is 183 Å². The number of nitrogens with zero attached hydrogens (tertiary/aromatic N) is 3. The number of rotatable bonds is 3. The second-order valence-electron chi connectivity index (χ2n) is 9.94. The first kappa shape index (κ1) is 20.1. The Kier molecular flexibility index (Phi) is 4.98. The smallest absolute Gasteiger partial charge is 0.0991 e. The highest BCUT2D eigenvalue weighted by atomic mass is 16.3. The van der Waals surface area contributed by atoms with Crippen LogP contribution in [0.5, 0.6) is 0 Å². The number of anilines is 1. The predicted molar refractivity (Wildman–Crippen MR) is 124 cm³/mol. The molecule has 1 fully saturated rings. The molecule has 1 aromatic carbocycles. The van der Waals surface area contributed by atoms with Gasteiger partial charge in [0.05, 0.1) is 29.6 Å². The Morgan fingerprint density at radius 2 is 2.00 bits per heavy atom. The summed E-state index contributed by atoms with van der Waals surface area (Å²) in [5.74, 6) is 0.577. The van der Waals surface area contributed by atoms with Crippen LogP contribution in [0.4, 0.5) is 5.69 Å². The van der Waals surface area contributed by atoms with Gasteiger partial charge in [0.1, 0.15) is 0 Å². The van der Waals surface area contributed by atoms with E-state index < -0.39 is 0 Å². The molecule has 1 aliphatic carbocycles. The van der Waals surface area contributed by atoms with Gasteiger partial charge in [-0.25, -0.2) is 0 Å². The number of hydrogen-bond donors (Lipinski definition) is 2. The van der Waals surface area contributed by atoms with Gasteiger partial charge in [-0.15, -0.1) is 0 Å². The van der Waals surface area contributed by atoms with Gasteiger partial charge >= 0.3 is 0 Å². The van der Waals surface area contributed by atoms with Crippen molar-refractivity contribution in [2.24, 2.45) is 5.92 Å². The summed E-state index contributed by atoms with van der Waals surface area (Å²) in [5, 5.41) is 24.1. The molecule has 0 amide bonds. The first-order valence-electron chi connectivity index (χ1n) is 11.4. The standard InChI is InChI=1S/C26H30N4O/c1-26(2)10-9-20-22(13-28-14-24(20)29-26)23-16-30(15-17-3-6-19(31)7-4-17)25-8-5-18(12-27)11-21(23)25/h5,8,11,13-14,16-17,19,29,31H,3-4,6-7,9-10,15H2,1-2H3. The molecule has 2 aromatic heterocycles. The molecule has 5 rings (SSSR count). The van der Waals surface area contributed by atoms with Gasteiger partial charge in [0.2, 0.25) is 0 Å². The molecule has 0 unspecified atom stereocenters. The predicted octanol–water partition coefficient (Wildman–Crippen LogP) is 5.26. The van der Waals surface area contributed by atoms with Gasteiger partial charge < -0.3 is 15.0 Å². The zero-order valence-electron chi connectivity index (χ0n) is 18.4. The largest absolute Gasteiger partial charge is 0.393 e. The summed E-state index contributed by atoms with van der Waals surface area (Å²) in [4.78, 5) is 4.56. The molecule has 0 spiro atoms. The topological polar surface area (TPSA) is 73.9 Å². The van der Waals surface area contributed by atoms with Crippen molar-refractivity contribution >= 4 is 16.6 Å². The molecule has 3 heterocycles. The normalized spacial score (nSPS) is 22.5. The zero-order chi connectivity index (χ0) is 21.6. The first-order valence-corrected chi connectivity index (χ1v) is 11.4. The molecule has 5 heteroatoms. The third-order valence-electron chi connectivity index (χ3n) is 7.10. The van der Waals surface area contributed by atoms with Crippen LogP contribution in [0.3, 0.4) is 0 Å². The van der Waals surface area contributed by atoms with Crippen LogP contribution < -0.4 is 5.32 Å². The molecule has 3 aromatic rings. The monoisotopic (exact) mass is 414 g/mol. The molecule has 31 heavy (non-hydrogen) atoms. The van der Waals surface area contributed by atoms with Gasteiger partial charge in [0.15, 0.2) is 0 Å². The second-order valence-corrected chi connectivity index (χ2v) is 9.94. The molecule has 160 valence electrons. The number of hydrogen-bond acceptors (Lipinski definition) is 4. The van der Waals surface area contributed by atoms with Crippen LogP contribution in [0.15, 0.2) is 36.8 Å². The molecule has 1 saturated carbocycles. The minimum absolute atomic E-state index is 0.0703. The van der Waals surface area contributed by atoms with Gasteiger partial charge in [0.25, 0.3) is 0 Å². The van der Waals surface area contributed by atoms with E-state index in [1.807, 2.05) is 24.5 Å². The van der Waals surface area contributed by atoms with Crippen molar-refractivity contribution in [1.82, 2.24) is 9.55 Å². The maximum absolute atomic E-state index is 9.87. The molecule has 0 radical (unpaired) electrons. The Balaban J connectivity index is 1.60. The van der Waals surface area contributed by atoms with Crippen molar-refractivity contribution in [3.05, 3.63) is 47.9 Å². The van der Waals surface area contributed by atoms with Gasteiger partial charge in [-0.2, -0.15) is 5.26 Å². The Bertz CT molecular complexity index is 1160. The molecule has 2 aliphatic rings. The number of pyridine rings is 1. The second kappa shape index (κ2) is 7.69. The van der Waals surface area contributed by atoms with E-state index in [1.165, 1.54) is 16.6 Å². The van der Waals surface area contributed by atoms with Crippen LogP contribution in [-0.2, 0) is 13.0 Å². The van der Waals surface area contributed by atoms with E-state index in [4.69, 9.17) is 0 Å². The number of aromatic nitrogens is 2. The highest BCUT2D eigenvalue weighted by molar-refractivity contribution is 5.98. The van der Waals surface area contributed by atoms with E-state index >= 15 is 0 Å². The van der Waals surface area contributed by atoms with E-state index in [9.17, 15) is 10.4 Å². The lowest BCUT2D eigenvalue weighted by Crippen LogP contribution is -2.35. The summed E-state index contributed by atoms with van der Waals surface area (Å²) >= 11 is 0. The number of aliphatic hydroxyl groups excluding tert-OH is 1. The third kappa shape index (κ3) is 3.81. The van der Waals surface area contributed by atoms with Crippen molar-refractivity contribution < 1.29 is 5.11 Å². The fourth-order valence-corrected chi connectivity index (χ4v) is 5.30. The lowest BCUT2D eigenvalue weighted by Gasteiger charge is -2.34. The SMILES string of the molecule is CC1(C)CCc2c(cncc2-c2cn(CC3CCC(O)CC3)c3ccc(C#N)cc23)N1. The van der Waals surface area contributed by atoms with Gasteiger partial charge in [-0.1, -0.05) is 0 Å². The van der Waals surface area contributed by atoms with Crippen molar-refractivity contribution in [2.75, 3.05) is 5.32 Å². The van der Waals surface area contributed by atoms with Crippen LogP contribution in [0.2, 0.25) is 0 Å². The maximum Gasteiger partial charge on any atom is 0.0991 e. The number of fused-ring (bicyclic) bond motifs is 2. The van der Waals surface area contributed by atoms with Crippen LogP contribution >= 0.6 is 0 Å². The van der Waals surface area contributed by atoms with E-state index in [2.05, 4.69) is 47.0 Å². The quantitative estimate of drug-likeness (QED) is 0.613. The summed E-state index contributed by atoms with van der Waals surface area (Å²) in [6.07, 6.45) is 12.0. The van der Waals surface area contributed by atoms with Crippen LogP contribution in [0, 0.1) is 17.2 Å². The number of benzene rings is 1. The molecule has 5 nitrogen and oxygen atoms in total. The Morgan fingerprint density at radius 1 is 1.19 bits per heavy atom. The summed E-state index contributed by atoms with van der Waals surface area (Å²) in [5.41, 5.74) is 6.68. The average Bonchev–Trinajstić information content (AvgIpc) is 3.11. The number of aliphatic hydroxyl groups is 1. The van der Waals surface area contributed by atoms with E-state index in [0.717, 1.165) is 61.7 Å². The van der Waals surface area contributed by atoms with E-state index in [-0.39, 0.29) is 11.6 Å². The molecule has 0 saturated heterocycles. The maximum atomic E-state index is 9.87. The molecular formula is C26H30N4O. The van der Waals surface area contributed by atoms with Crippen LogP contribution in [-0.4, -0.2) is 26.3 Å². The van der Waals surface area contributed by atoms with Crippen molar-refractivity contribution in [1.29, 1.82) is 5.26 Å². The minimum Gasteiger partial charge on any atom is -0.393 e. The fraction of sp³-hybridized carbons (Fsp3) is 0.462. The fourth-order valence-electron chi connectivity index (χ4n) is 5.30. The van der Waals surface area contributed by atoms with Crippen molar-refractivity contribution in [3.8, 4) is 17.2 Å². The van der Waals surface area contributed by atoms with Gasteiger partial charge in [0, 0.05) is 46.5 Å². The van der Waals surface area contributed by atoms with Crippen molar-refractivity contribution in [3.63, 3.8) is 0 Å². The summed E-state index contributed by atoms with van der Waals surface area (Å²) < 4.78 is 2.35. The third-order valence-corrected chi connectivity index (χ3v) is 7.10. The lowest BCUT2D eigenvalue weighted by molar-refractivity contribution is 0.104. The van der Waals surface area contributed by atoms with E-state index in [1.54, 1.807) is 0 Å². The molecule has 0 bridgehead atoms. The van der Waals surface area contributed by atoms with Gasteiger partial charge in [-0.3, -0.25) is 4.98 Å². The van der Waals surface area contributed by atoms with Gasteiger partial charge in [-0.05, 0) is 82.1 Å².